The molecule has 3 N–H and O–H groups in total. The van der Waals surface area contributed by atoms with Crippen LogP contribution in [0.5, 0.6) is 5.75 Å². The lowest BCUT2D eigenvalue weighted by Crippen LogP contribution is -2.16. The van der Waals surface area contributed by atoms with Crippen molar-refractivity contribution >= 4 is 12.4 Å². The van der Waals surface area contributed by atoms with Gasteiger partial charge in [0.25, 0.3) is 0 Å². The van der Waals surface area contributed by atoms with Crippen LogP contribution in [0.25, 0.3) is 0 Å². The van der Waals surface area contributed by atoms with Gasteiger partial charge in [-0.15, -0.1) is 12.4 Å². The summed E-state index contributed by atoms with van der Waals surface area (Å²) < 4.78 is 42.2. The summed E-state index contributed by atoms with van der Waals surface area (Å²) in [6.07, 6.45) is -4.46. The number of nitrogens with two attached hydrogens (primary N) is 1. The van der Waals surface area contributed by atoms with Crippen molar-refractivity contribution in [2.45, 2.75) is 12.2 Å². The normalized spacial score (nSPS) is 12.8. The lowest BCUT2D eigenvalue weighted by molar-refractivity contribution is -0.137. The van der Waals surface area contributed by atoms with E-state index in [1.165, 1.54) is 13.2 Å². The molecule has 0 aliphatic rings. The lowest BCUT2D eigenvalue weighted by Gasteiger charge is -2.14. The zero-order valence-electron chi connectivity index (χ0n) is 8.99. The largest absolute Gasteiger partial charge is 0.497 e. The Labute approximate surface area is 103 Å². The molecular weight excluding hydrogens is 259 g/mol. The average molecular weight is 272 g/mol. The predicted molar refractivity (Wildman–Crippen MR) is 59.3 cm³/mol. The van der Waals surface area contributed by atoms with Gasteiger partial charge in [-0.25, -0.2) is 0 Å². The Hall–Kier alpha value is -0.980. The zero-order chi connectivity index (χ0) is 12.3. The van der Waals surface area contributed by atoms with E-state index in [2.05, 4.69) is 0 Å². The minimum atomic E-state index is -4.46. The molecule has 1 rings (SSSR count). The van der Waals surface area contributed by atoms with Gasteiger partial charge in [0, 0.05) is 0 Å². The van der Waals surface area contributed by atoms with Crippen LogP contribution in [0.3, 0.4) is 0 Å². The van der Waals surface area contributed by atoms with Gasteiger partial charge in [-0.2, -0.15) is 13.2 Å². The number of aliphatic hydroxyl groups excluding tert-OH is 1. The number of rotatable bonds is 3. The monoisotopic (exact) mass is 271 g/mol. The van der Waals surface area contributed by atoms with E-state index in [9.17, 15) is 13.2 Å². The van der Waals surface area contributed by atoms with Crippen LogP contribution in [0.4, 0.5) is 13.2 Å². The predicted octanol–water partition coefficient (Wildman–Crippen LogP) is 2.13. The maximum atomic E-state index is 12.5. The zero-order valence-corrected chi connectivity index (χ0v) is 9.81. The molecule has 0 aromatic heterocycles. The molecule has 0 saturated heterocycles. The smallest absolute Gasteiger partial charge is 0.416 e. The molecule has 0 amide bonds. The highest BCUT2D eigenvalue weighted by Gasteiger charge is 2.31. The molecule has 0 radical (unpaired) electrons. The molecule has 0 aliphatic carbocycles. The maximum absolute atomic E-state index is 12.5. The molecular formula is C10H13ClF3NO2. The van der Waals surface area contributed by atoms with Gasteiger partial charge in [-0.05, 0) is 23.8 Å². The molecule has 0 bridgehead atoms. The van der Waals surface area contributed by atoms with Crippen molar-refractivity contribution in [2.75, 3.05) is 13.7 Å². The van der Waals surface area contributed by atoms with E-state index < -0.39 is 24.4 Å². The second-order valence-electron chi connectivity index (χ2n) is 3.28. The van der Waals surface area contributed by atoms with E-state index in [-0.39, 0.29) is 23.7 Å². The fourth-order valence-electron chi connectivity index (χ4n) is 1.22. The standard InChI is InChI=1S/C10H12F3NO2.ClH/c1-16-8-3-6(9(14)5-15)2-7(4-8)10(11,12)13;/h2-4,9,15H,5,14H2,1H3;1H/t9-;/m1./s1. The summed E-state index contributed by atoms with van der Waals surface area (Å²) in [5.74, 6) is 0.0636. The van der Waals surface area contributed by atoms with Gasteiger partial charge in [0.05, 0.1) is 25.3 Å². The number of methoxy groups -OCH3 is 1. The number of benzene rings is 1. The number of ether oxygens (including phenoxy) is 1. The van der Waals surface area contributed by atoms with Gasteiger partial charge < -0.3 is 15.6 Å². The Morgan fingerprint density at radius 3 is 2.35 bits per heavy atom. The number of alkyl halides is 3. The van der Waals surface area contributed by atoms with Gasteiger partial charge in [-0.3, -0.25) is 0 Å². The van der Waals surface area contributed by atoms with E-state index in [1.807, 2.05) is 0 Å². The van der Waals surface area contributed by atoms with Crippen LogP contribution in [-0.4, -0.2) is 18.8 Å². The fourth-order valence-corrected chi connectivity index (χ4v) is 1.22. The molecule has 0 aliphatic heterocycles. The SMILES string of the molecule is COc1cc([C@H](N)CO)cc(C(F)(F)F)c1.Cl. The first-order valence-electron chi connectivity index (χ1n) is 4.51. The minimum Gasteiger partial charge on any atom is -0.497 e. The van der Waals surface area contributed by atoms with Crippen molar-refractivity contribution in [1.29, 1.82) is 0 Å². The van der Waals surface area contributed by atoms with Crippen LogP contribution >= 0.6 is 12.4 Å². The molecule has 0 heterocycles. The van der Waals surface area contributed by atoms with Gasteiger partial charge in [0.2, 0.25) is 0 Å². The summed E-state index contributed by atoms with van der Waals surface area (Å²) >= 11 is 0. The van der Waals surface area contributed by atoms with E-state index >= 15 is 0 Å². The Balaban J connectivity index is 0.00000256. The number of hydrogen-bond acceptors (Lipinski definition) is 3. The van der Waals surface area contributed by atoms with Crippen molar-refractivity contribution in [3.8, 4) is 5.75 Å². The average Bonchev–Trinajstić information content (AvgIpc) is 2.26. The number of hydrogen-bond donors (Lipinski definition) is 2. The first-order chi connectivity index (χ1) is 7.38. The first kappa shape index (κ1) is 16.0. The van der Waals surface area contributed by atoms with Crippen molar-refractivity contribution in [3.63, 3.8) is 0 Å². The summed E-state index contributed by atoms with van der Waals surface area (Å²) in [5, 5.41) is 8.80. The molecule has 0 fully saturated rings. The second-order valence-corrected chi connectivity index (χ2v) is 3.28. The first-order valence-corrected chi connectivity index (χ1v) is 4.51. The summed E-state index contributed by atoms with van der Waals surface area (Å²) in [7, 11) is 1.27. The van der Waals surface area contributed by atoms with Crippen molar-refractivity contribution in [1.82, 2.24) is 0 Å². The van der Waals surface area contributed by atoms with E-state index in [4.69, 9.17) is 15.6 Å². The van der Waals surface area contributed by atoms with Gasteiger partial charge in [0.1, 0.15) is 5.75 Å². The molecule has 1 aromatic rings. The molecule has 3 nitrogen and oxygen atoms in total. The van der Waals surface area contributed by atoms with Gasteiger partial charge in [0.15, 0.2) is 0 Å². The van der Waals surface area contributed by atoms with Crippen molar-refractivity contribution < 1.29 is 23.0 Å². The van der Waals surface area contributed by atoms with Crippen molar-refractivity contribution in [3.05, 3.63) is 29.3 Å². The van der Waals surface area contributed by atoms with Crippen molar-refractivity contribution in [2.24, 2.45) is 5.73 Å². The Morgan fingerprint density at radius 1 is 1.35 bits per heavy atom. The van der Waals surface area contributed by atoms with Crippen LogP contribution in [0, 0.1) is 0 Å². The van der Waals surface area contributed by atoms with Gasteiger partial charge >= 0.3 is 6.18 Å². The second kappa shape index (κ2) is 6.09. The molecule has 98 valence electrons. The molecule has 0 spiro atoms. The summed E-state index contributed by atoms with van der Waals surface area (Å²) in [4.78, 5) is 0. The third kappa shape index (κ3) is 4.07. The highest BCUT2D eigenvalue weighted by Crippen LogP contribution is 2.33. The Morgan fingerprint density at radius 2 is 1.94 bits per heavy atom. The highest BCUT2D eigenvalue weighted by molar-refractivity contribution is 5.85. The molecule has 0 unspecified atom stereocenters. The van der Waals surface area contributed by atoms with Crippen LogP contribution in [0.2, 0.25) is 0 Å². The summed E-state index contributed by atoms with van der Waals surface area (Å²) in [6, 6.07) is 2.31. The topological polar surface area (TPSA) is 55.5 Å². The van der Waals surface area contributed by atoms with E-state index in [0.717, 1.165) is 12.1 Å². The van der Waals surface area contributed by atoms with Crippen LogP contribution in [0.15, 0.2) is 18.2 Å². The molecule has 1 aromatic carbocycles. The third-order valence-electron chi connectivity index (χ3n) is 2.12. The molecule has 1 atom stereocenters. The molecule has 0 saturated carbocycles. The van der Waals surface area contributed by atoms with Gasteiger partial charge in [-0.1, -0.05) is 0 Å². The molecule has 7 heteroatoms. The summed E-state index contributed by atoms with van der Waals surface area (Å²) in [6.45, 7) is -0.426. The Bertz CT molecular complexity index is 371. The molecule has 17 heavy (non-hydrogen) atoms. The third-order valence-corrected chi connectivity index (χ3v) is 2.12. The van der Waals surface area contributed by atoms with Crippen LogP contribution in [0.1, 0.15) is 17.2 Å². The van der Waals surface area contributed by atoms with E-state index in [1.54, 1.807) is 0 Å². The minimum absolute atomic E-state index is 0. The van der Waals surface area contributed by atoms with E-state index in [0.29, 0.717) is 0 Å². The Kier molecular flexibility index (Phi) is 5.74. The lowest BCUT2D eigenvalue weighted by atomic mass is 10.0. The van der Waals surface area contributed by atoms with Crippen LogP contribution in [-0.2, 0) is 6.18 Å². The van der Waals surface area contributed by atoms with Crippen LogP contribution < -0.4 is 10.5 Å². The summed E-state index contributed by atoms with van der Waals surface area (Å²) in [5.41, 5.74) is 4.80. The number of aliphatic hydroxyl groups is 1. The fraction of sp³-hybridized carbons (Fsp3) is 0.400. The highest BCUT2D eigenvalue weighted by atomic mass is 35.5. The number of halogens is 4. The quantitative estimate of drug-likeness (QED) is 0.885. The maximum Gasteiger partial charge on any atom is 0.416 e.